The summed E-state index contributed by atoms with van der Waals surface area (Å²) in [4.78, 5) is 25.9. The number of carbonyl (C=O) groups is 2. The maximum atomic E-state index is 13.4. The molecule has 0 saturated carbocycles. The van der Waals surface area contributed by atoms with E-state index in [1.807, 2.05) is 50.2 Å². The minimum absolute atomic E-state index is 0.0208. The second kappa shape index (κ2) is 8.35. The highest BCUT2D eigenvalue weighted by Crippen LogP contribution is 2.36. The molecule has 0 aliphatic carbocycles. The Balaban J connectivity index is 1.90. The second-order valence-corrected chi connectivity index (χ2v) is 7.19. The van der Waals surface area contributed by atoms with Crippen molar-refractivity contribution in [2.45, 2.75) is 38.1 Å². The van der Waals surface area contributed by atoms with Gasteiger partial charge in [0.15, 0.2) is 0 Å². The Morgan fingerprint density at radius 1 is 0.963 bits per heavy atom. The third-order valence-electron chi connectivity index (χ3n) is 4.95. The van der Waals surface area contributed by atoms with E-state index in [1.165, 1.54) is 0 Å². The standard InChI is InChI=1S/C22H26N2O3/c1-16(2)23-20(25)18-10-6-7-11-19(18)24-21(26)22(12-14-27-15-13-22)17-8-4-3-5-9-17/h3-11,16H,12-15H2,1-2H3,(H,23,25)(H,24,26). The zero-order valence-electron chi connectivity index (χ0n) is 15.8. The van der Waals surface area contributed by atoms with Crippen molar-refractivity contribution < 1.29 is 14.3 Å². The molecule has 1 saturated heterocycles. The molecule has 142 valence electrons. The average molecular weight is 366 g/mol. The van der Waals surface area contributed by atoms with E-state index in [9.17, 15) is 9.59 Å². The Morgan fingerprint density at radius 3 is 2.26 bits per heavy atom. The Labute approximate surface area is 160 Å². The van der Waals surface area contributed by atoms with Crippen molar-refractivity contribution in [3.63, 3.8) is 0 Å². The first-order chi connectivity index (χ1) is 13.0. The summed E-state index contributed by atoms with van der Waals surface area (Å²) in [7, 11) is 0. The molecule has 2 N–H and O–H groups in total. The van der Waals surface area contributed by atoms with E-state index in [0.29, 0.717) is 37.3 Å². The van der Waals surface area contributed by atoms with E-state index in [-0.39, 0.29) is 17.9 Å². The number of rotatable bonds is 5. The molecule has 27 heavy (non-hydrogen) atoms. The number of hydrogen-bond acceptors (Lipinski definition) is 3. The molecular weight excluding hydrogens is 340 g/mol. The number of para-hydroxylation sites is 1. The molecule has 1 fully saturated rings. The molecule has 0 atom stereocenters. The number of hydrogen-bond donors (Lipinski definition) is 2. The van der Waals surface area contributed by atoms with Crippen LogP contribution in [0.3, 0.4) is 0 Å². The zero-order chi connectivity index (χ0) is 19.3. The molecule has 2 aromatic carbocycles. The van der Waals surface area contributed by atoms with E-state index >= 15 is 0 Å². The molecule has 0 spiro atoms. The van der Waals surface area contributed by atoms with Crippen molar-refractivity contribution in [1.29, 1.82) is 0 Å². The Morgan fingerprint density at radius 2 is 1.59 bits per heavy atom. The summed E-state index contributed by atoms with van der Waals surface area (Å²) in [5.41, 5.74) is 1.33. The van der Waals surface area contributed by atoms with E-state index in [4.69, 9.17) is 4.74 Å². The molecule has 5 nitrogen and oxygen atoms in total. The topological polar surface area (TPSA) is 67.4 Å². The molecule has 2 amide bonds. The lowest BCUT2D eigenvalue weighted by Gasteiger charge is -2.36. The van der Waals surface area contributed by atoms with Crippen molar-refractivity contribution in [2.75, 3.05) is 18.5 Å². The third kappa shape index (κ3) is 4.19. The maximum absolute atomic E-state index is 13.4. The van der Waals surface area contributed by atoms with Gasteiger partial charge in [-0.15, -0.1) is 0 Å². The van der Waals surface area contributed by atoms with Gasteiger partial charge in [0, 0.05) is 19.3 Å². The van der Waals surface area contributed by atoms with Gasteiger partial charge >= 0.3 is 0 Å². The minimum atomic E-state index is -0.652. The van der Waals surface area contributed by atoms with E-state index in [1.54, 1.807) is 18.2 Å². The number of ether oxygens (including phenoxy) is 1. The van der Waals surface area contributed by atoms with Crippen LogP contribution in [0.2, 0.25) is 0 Å². The van der Waals surface area contributed by atoms with E-state index < -0.39 is 5.41 Å². The average Bonchev–Trinajstić information content (AvgIpc) is 2.69. The zero-order valence-corrected chi connectivity index (χ0v) is 15.8. The number of amides is 2. The van der Waals surface area contributed by atoms with Gasteiger partial charge in [-0.05, 0) is 44.4 Å². The normalized spacial score (nSPS) is 16.0. The summed E-state index contributed by atoms with van der Waals surface area (Å²) >= 11 is 0. The van der Waals surface area contributed by atoms with Gasteiger partial charge in [-0.2, -0.15) is 0 Å². The fourth-order valence-corrected chi connectivity index (χ4v) is 3.50. The first-order valence-electron chi connectivity index (χ1n) is 9.37. The van der Waals surface area contributed by atoms with Gasteiger partial charge in [-0.25, -0.2) is 0 Å². The number of nitrogens with one attached hydrogen (secondary N) is 2. The van der Waals surface area contributed by atoms with Gasteiger partial charge in [0.05, 0.1) is 16.7 Å². The van der Waals surface area contributed by atoms with Gasteiger partial charge < -0.3 is 15.4 Å². The van der Waals surface area contributed by atoms with Crippen LogP contribution >= 0.6 is 0 Å². The fraction of sp³-hybridized carbons (Fsp3) is 0.364. The van der Waals surface area contributed by atoms with Gasteiger partial charge in [-0.3, -0.25) is 9.59 Å². The minimum Gasteiger partial charge on any atom is -0.381 e. The summed E-state index contributed by atoms with van der Waals surface area (Å²) in [5.74, 6) is -0.288. The van der Waals surface area contributed by atoms with Gasteiger partial charge in [0.1, 0.15) is 0 Å². The van der Waals surface area contributed by atoms with Gasteiger partial charge in [0.2, 0.25) is 5.91 Å². The lowest BCUT2D eigenvalue weighted by Crippen LogP contribution is -2.45. The highest BCUT2D eigenvalue weighted by Gasteiger charge is 2.41. The van der Waals surface area contributed by atoms with Gasteiger partial charge in [-0.1, -0.05) is 42.5 Å². The van der Waals surface area contributed by atoms with Crippen molar-refractivity contribution in [1.82, 2.24) is 5.32 Å². The van der Waals surface area contributed by atoms with Crippen LogP contribution in [0, 0.1) is 0 Å². The van der Waals surface area contributed by atoms with Crippen molar-refractivity contribution in [3.8, 4) is 0 Å². The van der Waals surface area contributed by atoms with Crippen LogP contribution in [0.1, 0.15) is 42.6 Å². The third-order valence-corrected chi connectivity index (χ3v) is 4.95. The van der Waals surface area contributed by atoms with Crippen LogP contribution in [-0.2, 0) is 14.9 Å². The summed E-state index contributed by atoms with van der Waals surface area (Å²) in [6, 6.07) is 17.0. The van der Waals surface area contributed by atoms with Crippen LogP contribution in [0.15, 0.2) is 54.6 Å². The Bertz CT molecular complexity index is 796. The van der Waals surface area contributed by atoms with Crippen molar-refractivity contribution in [3.05, 3.63) is 65.7 Å². The molecule has 2 aromatic rings. The molecule has 1 aliphatic heterocycles. The number of benzene rings is 2. The number of carbonyl (C=O) groups excluding carboxylic acids is 2. The lowest BCUT2D eigenvalue weighted by atomic mass is 9.73. The molecule has 3 rings (SSSR count). The van der Waals surface area contributed by atoms with Crippen LogP contribution < -0.4 is 10.6 Å². The monoisotopic (exact) mass is 366 g/mol. The predicted molar refractivity (Wildman–Crippen MR) is 106 cm³/mol. The van der Waals surface area contributed by atoms with Gasteiger partial charge in [0.25, 0.3) is 5.91 Å². The summed E-state index contributed by atoms with van der Waals surface area (Å²) in [6.45, 7) is 4.90. The molecule has 0 unspecified atom stereocenters. The fourth-order valence-electron chi connectivity index (χ4n) is 3.50. The highest BCUT2D eigenvalue weighted by atomic mass is 16.5. The Kier molecular flexibility index (Phi) is 5.91. The van der Waals surface area contributed by atoms with Crippen LogP contribution in [0.4, 0.5) is 5.69 Å². The summed E-state index contributed by atoms with van der Waals surface area (Å²) in [5, 5.41) is 5.90. The molecule has 0 bridgehead atoms. The molecule has 1 heterocycles. The molecule has 0 radical (unpaired) electrons. The summed E-state index contributed by atoms with van der Waals surface area (Å²) in [6.07, 6.45) is 1.23. The first kappa shape index (κ1) is 19.1. The van der Waals surface area contributed by atoms with Crippen LogP contribution in [-0.4, -0.2) is 31.1 Å². The molecule has 1 aliphatic rings. The summed E-state index contributed by atoms with van der Waals surface area (Å²) < 4.78 is 5.51. The molecular formula is C22H26N2O3. The van der Waals surface area contributed by atoms with Crippen molar-refractivity contribution >= 4 is 17.5 Å². The SMILES string of the molecule is CC(C)NC(=O)c1ccccc1NC(=O)C1(c2ccccc2)CCOCC1. The largest absolute Gasteiger partial charge is 0.381 e. The van der Waals surface area contributed by atoms with Crippen LogP contribution in [0.5, 0.6) is 0 Å². The quantitative estimate of drug-likeness (QED) is 0.851. The second-order valence-electron chi connectivity index (χ2n) is 7.19. The Hall–Kier alpha value is -2.66. The van der Waals surface area contributed by atoms with Crippen molar-refractivity contribution in [2.24, 2.45) is 0 Å². The highest BCUT2D eigenvalue weighted by molar-refractivity contribution is 6.06. The molecule has 0 aromatic heterocycles. The molecule has 5 heteroatoms. The number of anilines is 1. The van der Waals surface area contributed by atoms with E-state index in [0.717, 1.165) is 5.56 Å². The van der Waals surface area contributed by atoms with E-state index in [2.05, 4.69) is 10.6 Å². The predicted octanol–water partition coefficient (Wildman–Crippen LogP) is 3.51. The smallest absolute Gasteiger partial charge is 0.253 e. The maximum Gasteiger partial charge on any atom is 0.253 e. The van der Waals surface area contributed by atoms with Crippen LogP contribution in [0.25, 0.3) is 0 Å². The first-order valence-corrected chi connectivity index (χ1v) is 9.37. The lowest BCUT2D eigenvalue weighted by molar-refractivity contribution is -0.125.